The summed E-state index contributed by atoms with van der Waals surface area (Å²) in [6.07, 6.45) is 5.03. The van der Waals surface area contributed by atoms with Crippen LogP contribution in [0.3, 0.4) is 0 Å². The smallest absolute Gasteiger partial charge is 0.207 e. The van der Waals surface area contributed by atoms with Crippen molar-refractivity contribution in [1.29, 1.82) is 5.26 Å². The van der Waals surface area contributed by atoms with Gasteiger partial charge in [0.1, 0.15) is 0 Å². The van der Waals surface area contributed by atoms with Crippen LogP contribution >= 0.6 is 0 Å². The summed E-state index contributed by atoms with van der Waals surface area (Å²) >= 11 is 0. The normalized spacial score (nSPS) is 23.2. The van der Waals surface area contributed by atoms with Crippen LogP contribution in [-0.4, -0.2) is 14.0 Å². The van der Waals surface area contributed by atoms with Crippen LogP contribution in [0, 0.1) is 11.3 Å². The summed E-state index contributed by atoms with van der Waals surface area (Å²) in [6, 6.07) is 8.82. The highest BCUT2D eigenvalue weighted by molar-refractivity contribution is 7.99. The van der Waals surface area contributed by atoms with E-state index in [1.165, 1.54) is 6.42 Å². The highest BCUT2D eigenvalue weighted by Gasteiger charge is 2.47. The van der Waals surface area contributed by atoms with Crippen molar-refractivity contribution in [3.05, 3.63) is 41.0 Å². The Labute approximate surface area is 125 Å². The van der Waals surface area contributed by atoms with E-state index < -0.39 is 10.0 Å². The van der Waals surface area contributed by atoms with Crippen LogP contribution in [0.25, 0.3) is 4.91 Å². The first kappa shape index (κ1) is 14.3. The van der Waals surface area contributed by atoms with Crippen molar-refractivity contribution < 1.29 is 8.42 Å². The molecule has 0 saturated heterocycles. The molecule has 1 N–H and O–H groups in total. The van der Waals surface area contributed by atoms with Crippen LogP contribution in [0.4, 0.5) is 0 Å². The number of hydrogen-bond donors (Lipinski definition) is 1. The molecule has 1 fully saturated rings. The summed E-state index contributed by atoms with van der Waals surface area (Å²) in [4.78, 5) is 0.397. The van der Waals surface area contributed by atoms with Crippen LogP contribution in [0.5, 0.6) is 0 Å². The average molecular weight is 302 g/mol. The summed E-state index contributed by atoms with van der Waals surface area (Å²) in [7, 11) is -3.47. The Balaban J connectivity index is 2.11. The van der Waals surface area contributed by atoms with Gasteiger partial charge in [0, 0.05) is 0 Å². The highest BCUT2D eigenvalue weighted by atomic mass is 32.2. The Kier molecular flexibility index (Phi) is 3.39. The molecule has 1 heterocycles. The zero-order valence-electron chi connectivity index (χ0n) is 12.0. The molecule has 0 unspecified atom stereocenters. The van der Waals surface area contributed by atoms with Crippen molar-refractivity contribution in [1.82, 2.24) is 4.72 Å². The second-order valence-electron chi connectivity index (χ2n) is 5.89. The maximum Gasteiger partial charge on any atom is 0.241 e. The molecular weight excluding hydrogens is 284 g/mol. The predicted molar refractivity (Wildman–Crippen MR) is 81.6 cm³/mol. The largest absolute Gasteiger partial charge is 0.241 e. The highest BCUT2D eigenvalue weighted by Crippen LogP contribution is 2.45. The molecule has 1 aliphatic heterocycles. The lowest BCUT2D eigenvalue weighted by molar-refractivity contribution is 0.321. The van der Waals surface area contributed by atoms with E-state index >= 15 is 0 Å². The van der Waals surface area contributed by atoms with E-state index in [2.05, 4.69) is 10.8 Å². The Morgan fingerprint density at radius 3 is 2.33 bits per heavy atom. The van der Waals surface area contributed by atoms with Crippen LogP contribution in [0.2, 0.25) is 0 Å². The van der Waals surface area contributed by atoms with Gasteiger partial charge in [-0.15, -0.1) is 0 Å². The molecule has 0 atom stereocenters. The monoisotopic (exact) mass is 302 g/mol. The predicted octanol–water partition coefficient (Wildman–Crippen LogP) is 2.93. The summed E-state index contributed by atoms with van der Waals surface area (Å²) in [5.41, 5.74) is 1.74. The van der Waals surface area contributed by atoms with E-state index in [0.717, 1.165) is 31.3 Å². The molecule has 0 aromatic heterocycles. The van der Waals surface area contributed by atoms with Gasteiger partial charge in [0.2, 0.25) is 10.0 Å². The minimum absolute atomic E-state index is 0.389. The van der Waals surface area contributed by atoms with Gasteiger partial charge in [-0.25, -0.2) is 13.1 Å². The number of benzene rings is 1. The number of nitrogens with one attached hydrogen (secondary N) is 1. The maximum atomic E-state index is 12.6. The number of nitriles is 1. The molecular formula is C16H18N2O2S. The van der Waals surface area contributed by atoms with Gasteiger partial charge in [0.05, 0.1) is 22.1 Å². The molecule has 2 aliphatic rings. The third-order valence-corrected chi connectivity index (χ3v) is 6.38. The van der Waals surface area contributed by atoms with Gasteiger partial charge in [-0.05, 0) is 43.0 Å². The summed E-state index contributed by atoms with van der Waals surface area (Å²) in [6.45, 7) is 1.93. The van der Waals surface area contributed by atoms with E-state index in [9.17, 15) is 8.42 Å². The van der Waals surface area contributed by atoms with E-state index in [4.69, 9.17) is 5.26 Å². The zero-order chi connectivity index (χ0) is 15.1. The Hall–Kier alpha value is -1.64. The lowest BCUT2D eigenvalue weighted by Gasteiger charge is -2.34. The molecule has 0 bridgehead atoms. The van der Waals surface area contributed by atoms with Crippen LogP contribution in [0.15, 0.2) is 29.8 Å². The topological polar surface area (TPSA) is 70.0 Å². The van der Waals surface area contributed by atoms with Gasteiger partial charge in [0.25, 0.3) is 0 Å². The van der Waals surface area contributed by atoms with Crippen molar-refractivity contribution in [2.45, 2.75) is 44.6 Å². The minimum Gasteiger partial charge on any atom is -0.207 e. The first-order valence-corrected chi connectivity index (χ1v) is 8.73. The van der Waals surface area contributed by atoms with Crippen molar-refractivity contribution in [2.24, 2.45) is 0 Å². The van der Waals surface area contributed by atoms with Crippen LogP contribution < -0.4 is 4.72 Å². The Morgan fingerprint density at radius 2 is 1.76 bits per heavy atom. The van der Waals surface area contributed by atoms with Crippen molar-refractivity contribution in [2.75, 3.05) is 0 Å². The Morgan fingerprint density at radius 1 is 1.14 bits per heavy atom. The average Bonchev–Trinajstić information content (AvgIpc) is 2.66. The molecule has 110 valence electrons. The fourth-order valence-corrected chi connectivity index (χ4v) is 5.52. The lowest BCUT2D eigenvalue weighted by Crippen LogP contribution is -2.45. The second-order valence-corrected chi connectivity index (χ2v) is 7.51. The first-order chi connectivity index (χ1) is 9.98. The summed E-state index contributed by atoms with van der Waals surface area (Å²) in [5, 5.41) is 8.85. The quantitative estimate of drug-likeness (QED) is 0.867. The third-order valence-electron chi connectivity index (χ3n) is 4.64. The maximum absolute atomic E-state index is 12.6. The Bertz CT molecular complexity index is 733. The van der Waals surface area contributed by atoms with Crippen molar-refractivity contribution in [3.8, 4) is 6.07 Å². The lowest BCUT2D eigenvalue weighted by atomic mass is 9.77. The third kappa shape index (κ3) is 2.29. The fourth-order valence-electron chi connectivity index (χ4n) is 3.50. The number of rotatable bonds is 1. The molecule has 1 aromatic rings. The molecule has 1 aromatic carbocycles. The molecule has 4 nitrogen and oxygen atoms in total. The number of nitrogens with zero attached hydrogens (tertiary/aromatic N) is 1. The summed E-state index contributed by atoms with van der Waals surface area (Å²) in [5.74, 6) is 0. The zero-order valence-corrected chi connectivity index (χ0v) is 12.8. The SMILES string of the molecule is CC1=C(c2ccc(C#N)cc2)S(=O)(=O)NC12CCCCC2. The first-order valence-electron chi connectivity index (χ1n) is 7.24. The van der Waals surface area contributed by atoms with Gasteiger partial charge in [-0.3, -0.25) is 0 Å². The van der Waals surface area contributed by atoms with Gasteiger partial charge < -0.3 is 0 Å². The molecule has 1 aliphatic carbocycles. The molecule has 1 spiro atoms. The van der Waals surface area contributed by atoms with Crippen LogP contribution in [-0.2, 0) is 10.0 Å². The molecule has 21 heavy (non-hydrogen) atoms. The van der Waals surface area contributed by atoms with E-state index in [1.807, 2.05) is 6.92 Å². The van der Waals surface area contributed by atoms with Gasteiger partial charge in [0.15, 0.2) is 0 Å². The van der Waals surface area contributed by atoms with Crippen LogP contribution in [0.1, 0.15) is 50.2 Å². The van der Waals surface area contributed by atoms with Crippen molar-refractivity contribution >= 4 is 14.9 Å². The van der Waals surface area contributed by atoms with Gasteiger partial charge in [-0.2, -0.15) is 5.26 Å². The minimum atomic E-state index is -3.47. The van der Waals surface area contributed by atoms with Gasteiger partial charge in [-0.1, -0.05) is 31.4 Å². The molecule has 0 amide bonds. The van der Waals surface area contributed by atoms with E-state index in [-0.39, 0.29) is 5.54 Å². The standard InChI is InChI=1S/C16H18N2O2S/c1-12-15(14-7-5-13(11-17)6-8-14)21(19,20)18-16(12)9-3-2-4-10-16/h5-8,18H,2-4,9-10H2,1H3. The molecule has 5 heteroatoms. The molecule has 1 saturated carbocycles. The summed E-state index contributed by atoms with van der Waals surface area (Å²) < 4.78 is 28.0. The van der Waals surface area contributed by atoms with Gasteiger partial charge >= 0.3 is 0 Å². The van der Waals surface area contributed by atoms with E-state index in [1.54, 1.807) is 24.3 Å². The van der Waals surface area contributed by atoms with E-state index in [0.29, 0.717) is 16.0 Å². The molecule has 0 radical (unpaired) electrons. The fraction of sp³-hybridized carbons (Fsp3) is 0.438. The van der Waals surface area contributed by atoms with Crippen molar-refractivity contribution in [3.63, 3.8) is 0 Å². The number of hydrogen-bond acceptors (Lipinski definition) is 3. The number of sulfonamides is 1. The molecule has 3 rings (SSSR count). The second kappa shape index (κ2) is 4.97.